The summed E-state index contributed by atoms with van der Waals surface area (Å²) in [6.07, 6.45) is 5.68. The first-order valence-corrected chi connectivity index (χ1v) is 13.1. The molecule has 1 aromatic carbocycles. The van der Waals surface area contributed by atoms with Crippen LogP contribution in [-0.2, 0) is 25.9 Å². The van der Waals surface area contributed by atoms with Gasteiger partial charge in [0.05, 0.1) is 24.2 Å². The first-order chi connectivity index (χ1) is 16.3. The number of hydrazine groups is 1. The number of sulfone groups is 1. The monoisotopic (exact) mass is 491 g/mol. The second-order valence-electron chi connectivity index (χ2n) is 8.31. The fourth-order valence-electron chi connectivity index (χ4n) is 4.10. The molecule has 1 saturated carbocycles. The van der Waals surface area contributed by atoms with E-state index in [9.17, 15) is 18.4 Å². The number of hydrogen-bond donors (Lipinski definition) is 2. The molecule has 1 aliphatic carbocycles. The van der Waals surface area contributed by atoms with Gasteiger partial charge in [-0.3, -0.25) is 15.4 Å². The van der Waals surface area contributed by atoms with Gasteiger partial charge in [-0.1, -0.05) is 5.17 Å². The molecule has 9 nitrogen and oxygen atoms in total. The fraction of sp³-hybridized carbons (Fsp3) is 0.500. The van der Waals surface area contributed by atoms with Crippen LogP contribution in [0.2, 0.25) is 0 Å². The van der Waals surface area contributed by atoms with Crippen molar-refractivity contribution in [1.29, 1.82) is 0 Å². The van der Waals surface area contributed by atoms with Crippen LogP contribution in [0, 0.1) is 5.92 Å². The minimum absolute atomic E-state index is 0.0862. The van der Waals surface area contributed by atoms with Crippen LogP contribution in [-0.4, -0.2) is 49.0 Å². The first-order valence-electron chi connectivity index (χ1n) is 11.6. The summed E-state index contributed by atoms with van der Waals surface area (Å²) in [5.41, 5.74) is 2.94. The average Bonchev–Trinajstić information content (AvgIpc) is 2.81. The summed E-state index contributed by atoms with van der Waals surface area (Å²) in [5, 5.41) is 10.7. The SMILES string of the molecule is CCOc1ccc(S(=O)(=O)c2cc(CN(O)NC(=O)CC3CCC(OCC)CC3)ccn2)cc1. The van der Waals surface area contributed by atoms with Crippen molar-refractivity contribution in [2.75, 3.05) is 13.2 Å². The summed E-state index contributed by atoms with van der Waals surface area (Å²) in [6, 6.07) is 9.09. The number of nitrogens with zero attached hydrogens (tertiary/aromatic N) is 2. The lowest BCUT2D eigenvalue weighted by Gasteiger charge is -2.28. The van der Waals surface area contributed by atoms with E-state index in [1.807, 2.05) is 13.8 Å². The van der Waals surface area contributed by atoms with Crippen LogP contribution in [0.1, 0.15) is 51.5 Å². The molecule has 0 bridgehead atoms. The topological polar surface area (TPSA) is 118 Å². The maximum Gasteiger partial charge on any atom is 0.236 e. The fourth-order valence-corrected chi connectivity index (χ4v) is 5.34. The zero-order valence-electron chi connectivity index (χ0n) is 19.6. The van der Waals surface area contributed by atoms with E-state index in [4.69, 9.17) is 9.47 Å². The lowest BCUT2D eigenvalue weighted by atomic mass is 9.85. The van der Waals surface area contributed by atoms with Crippen molar-refractivity contribution in [2.45, 2.75) is 68.5 Å². The number of aromatic nitrogens is 1. The number of amides is 1. The summed E-state index contributed by atoms with van der Waals surface area (Å²) >= 11 is 0. The molecule has 186 valence electrons. The second-order valence-corrected chi connectivity index (χ2v) is 10.2. The predicted molar refractivity (Wildman–Crippen MR) is 125 cm³/mol. The van der Waals surface area contributed by atoms with Crippen molar-refractivity contribution in [3.05, 3.63) is 48.2 Å². The van der Waals surface area contributed by atoms with Gasteiger partial charge in [-0.25, -0.2) is 13.4 Å². The summed E-state index contributed by atoms with van der Waals surface area (Å²) in [7, 11) is -3.84. The highest BCUT2D eigenvalue weighted by atomic mass is 32.2. The molecule has 0 aliphatic heterocycles. The Kier molecular flexibility index (Phi) is 9.40. The van der Waals surface area contributed by atoms with Crippen LogP contribution in [0.3, 0.4) is 0 Å². The third-order valence-corrected chi connectivity index (χ3v) is 7.44. The van der Waals surface area contributed by atoms with Gasteiger partial charge >= 0.3 is 0 Å². The van der Waals surface area contributed by atoms with Crippen LogP contribution in [0.4, 0.5) is 0 Å². The number of rotatable bonds is 11. The van der Waals surface area contributed by atoms with E-state index in [1.54, 1.807) is 18.2 Å². The van der Waals surface area contributed by atoms with Crippen LogP contribution in [0.5, 0.6) is 5.75 Å². The standard InChI is InChI=1S/C24H33N3O6S/c1-3-32-20-7-5-18(6-8-20)15-23(28)26-27(29)17-19-13-14-25-24(16-19)34(30,31)22-11-9-21(10-12-22)33-4-2/h9-14,16,18,20,29H,3-8,15,17H2,1-2H3,(H,26,28). The average molecular weight is 492 g/mol. The molecule has 0 radical (unpaired) electrons. The first kappa shape index (κ1) is 26.1. The maximum absolute atomic E-state index is 12.9. The molecular formula is C24H33N3O6S. The van der Waals surface area contributed by atoms with E-state index in [-0.39, 0.29) is 34.4 Å². The van der Waals surface area contributed by atoms with Gasteiger partial charge in [0.1, 0.15) is 5.75 Å². The zero-order chi connectivity index (χ0) is 24.6. The van der Waals surface area contributed by atoms with E-state index in [1.165, 1.54) is 24.4 Å². The van der Waals surface area contributed by atoms with Gasteiger partial charge < -0.3 is 9.47 Å². The summed E-state index contributed by atoms with van der Waals surface area (Å²) in [5.74, 6) is 0.563. The molecule has 1 aliphatic rings. The van der Waals surface area contributed by atoms with Gasteiger partial charge in [-0.15, -0.1) is 0 Å². The molecule has 1 fully saturated rings. The Hall–Kier alpha value is -2.53. The normalized spacial score (nSPS) is 18.6. The number of hydroxylamine groups is 1. The molecular weight excluding hydrogens is 458 g/mol. The van der Waals surface area contributed by atoms with Crippen molar-refractivity contribution >= 4 is 15.7 Å². The molecule has 1 heterocycles. The largest absolute Gasteiger partial charge is 0.494 e. The van der Waals surface area contributed by atoms with E-state index in [2.05, 4.69) is 10.4 Å². The van der Waals surface area contributed by atoms with Gasteiger partial charge in [-0.05, 0) is 87.4 Å². The smallest absolute Gasteiger partial charge is 0.236 e. The Balaban J connectivity index is 1.55. The Morgan fingerprint density at radius 3 is 2.47 bits per heavy atom. The van der Waals surface area contributed by atoms with Gasteiger partial charge in [0.2, 0.25) is 15.7 Å². The maximum atomic E-state index is 12.9. The minimum atomic E-state index is -3.84. The summed E-state index contributed by atoms with van der Waals surface area (Å²) in [4.78, 5) is 16.4. The Bertz CT molecular complexity index is 1040. The number of hydrogen-bond acceptors (Lipinski definition) is 8. The summed E-state index contributed by atoms with van der Waals surface area (Å²) in [6.45, 7) is 4.93. The van der Waals surface area contributed by atoms with Crippen LogP contribution in [0.15, 0.2) is 52.5 Å². The van der Waals surface area contributed by atoms with Crippen LogP contribution >= 0.6 is 0 Å². The number of ether oxygens (including phenoxy) is 2. The molecule has 3 rings (SSSR count). The number of nitrogens with one attached hydrogen (secondary N) is 1. The quantitative estimate of drug-likeness (QED) is 0.459. The van der Waals surface area contributed by atoms with Crippen LogP contribution < -0.4 is 10.2 Å². The molecule has 0 spiro atoms. The molecule has 2 aromatic rings. The lowest BCUT2D eigenvalue weighted by Crippen LogP contribution is -2.40. The highest BCUT2D eigenvalue weighted by molar-refractivity contribution is 7.91. The third kappa shape index (κ3) is 7.23. The van der Waals surface area contributed by atoms with E-state index in [0.29, 0.717) is 36.1 Å². The minimum Gasteiger partial charge on any atom is -0.494 e. The van der Waals surface area contributed by atoms with Gasteiger partial charge in [0, 0.05) is 19.2 Å². The van der Waals surface area contributed by atoms with Gasteiger partial charge in [-0.2, -0.15) is 0 Å². The van der Waals surface area contributed by atoms with Crippen molar-refractivity contribution < 1.29 is 27.9 Å². The van der Waals surface area contributed by atoms with Crippen molar-refractivity contribution in [1.82, 2.24) is 15.6 Å². The Morgan fingerprint density at radius 2 is 1.82 bits per heavy atom. The predicted octanol–water partition coefficient (Wildman–Crippen LogP) is 3.52. The van der Waals surface area contributed by atoms with Gasteiger partial charge in [0.15, 0.2) is 5.03 Å². The van der Waals surface area contributed by atoms with Crippen molar-refractivity contribution in [3.8, 4) is 5.75 Å². The molecule has 10 heteroatoms. The lowest BCUT2D eigenvalue weighted by molar-refractivity contribution is -0.166. The molecule has 0 atom stereocenters. The van der Waals surface area contributed by atoms with Crippen molar-refractivity contribution in [2.24, 2.45) is 5.92 Å². The molecule has 1 aromatic heterocycles. The van der Waals surface area contributed by atoms with Crippen LogP contribution in [0.25, 0.3) is 0 Å². The van der Waals surface area contributed by atoms with E-state index < -0.39 is 9.84 Å². The van der Waals surface area contributed by atoms with Gasteiger partial charge in [0.25, 0.3) is 0 Å². The molecule has 1 amide bonds. The summed E-state index contributed by atoms with van der Waals surface area (Å²) < 4.78 is 36.9. The second kappa shape index (κ2) is 12.3. The highest BCUT2D eigenvalue weighted by Gasteiger charge is 2.24. The molecule has 0 saturated heterocycles. The van der Waals surface area contributed by atoms with E-state index in [0.717, 1.165) is 25.7 Å². The van der Waals surface area contributed by atoms with Crippen molar-refractivity contribution in [3.63, 3.8) is 0 Å². The highest BCUT2D eigenvalue weighted by Crippen LogP contribution is 2.28. The Labute approximate surface area is 200 Å². The molecule has 0 unspecified atom stereocenters. The number of pyridine rings is 1. The number of carbonyl (C=O) groups is 1. The number of benzene rings is 1. The zero-order valence-corrected chi connectivity index (χ0v) is 20.5. The Morgan fingerprint density at radius 1 is 1.12 bits per heavy atom. The molecule has 34 heavy (non-hydrogen) atoms. The third-order valence-electron chi connectivity index (χ3n) is 5.78. The molecule has 2 N–H and O–H groups in total. The number of carbonyl (C=O) groups excluding carboxylic acids is 1. The van der Waals surface area contributed by atoms with E-state index >= 15 is 0 Å².